The van der Waals surface area contributed by atoms with E-state index < -0.39 is 13.8 Å². The molecule has 0 bridgehead atoms. The minimum absolute atomic E-state index is 0.342. The zero-order valence-corrected chi connectivity index (χ0v) is 11.8. The van der Waals surface area contributed by atoms with Gasteiger partial charge in [0.15, 0.2) is 0 Å². The molecule has 0 aromatic carbocycles. The first-order valence-corrected chi connectivity index (χ1v) is 7.84. The van der Waals surface area contributed by atoms with Crippen LogP contribution in [0.5, 0.6) is 0 Å². The lowest BCUT2D eigenvalue weighted by Gasteiger charge is -1.99. The van der Waals surface area contributed by atoms with Crippen molar-refractivity contribution in [1.82, 2.24) is 0 Å². The standard InChI is InChI=1S/C11H22O2.H3O4P/c1-2-3-4-5-6-7-8-9-10-11(12)13;1-5(2,3)4/h2-10H2,1H3,(H,12,13);(H3,1,2,3,4). The summed E-state index contributed by atoms with van der Waals surface area (Å²) in [5.74, 6) is -0.661. The van der Waals surface area contributed by atoms with Gasteiger partial charge in [-0.25, -0.2) is 4.57 Å². The van der Waals surface area contributed by atoms with Gasteiger partial charge in [-0.1, -0.05) is 51.9 Å². The van der Waals surface area contributed by atoms with E-state index >= 15 is 0 Å². The van der Waals surface area contributed by atoms with Crippen molar-refractivity contribution in [2.45, 2.75) is 64.7 Å². The van der Waals surface area contributed by atoms with Crippen molar-refractivity contribution in [3.63, 3.8) is 0 Å². The smallest absolute Gasteiger partial charge is 0.466 e. The molecule has 0 heterocycles. The van der Waals surface area contributed by atoms with Crippen LogP contribution in [0.3, 0.4) is 0 Å². The predicted octanol–water partition coefficient (Wildman–Crippen LogP) is 2.67. The summed E-state index contributed by atoms with van der Waals surface area (Å²) < 4.78 is 8.88. The number of carboxylic acid groups (broad SMARTS) is 1. The van der Waals surface area contributed by atoms with Crippen LogP contribution < -0.4 is 0 Å². The van der Waals surface area contributed by atoms with Crippen molar-refractivity contribution in [2.75, 3.05) is 0 Å². The highest BCUT2D eigenvalue weighted by molar-refractivity contribution is 7.45. The molecule has 18 heavy (non-hydrogen) atoms. The van der Waals surface area contributed by atoms with Crippen LogP contribution in [0.4, 0.5) is 0 Å². The average Bonchev–Trinajstić information content (AvgIpc) is 2.19. The van der Waals surface area contributed by atoms with Crippen LogP contribution in [0.15, 0.2) is 0 Å². The Hall–Kier alpha value is -0.420. The third kappa shape index (κ3) is 36.1. The maximum absolute atomic E-state index is 10.2. The van der Waals surface area contributed by atoms with Crippen molar-refractivity contribution >= 4 is 13.8 Å². The van der Waals surface area contributed by atoms with E-state index in [0.29, 0.717) is 6.42 Å². The quantitative estimate of drug-likeness (QED) is 0.382. The molecule has 7 heteroatoms. The van der Waals surface area contributed by atoms with Gasteiger partial charge >= 0.3 is 13.8 Å². The molecule has 0 aliphatic heterocycles. The normalized spacial score (nSPS) is 10.7. The van der Waals surface area contributed by atoms with Gasteiger partial charge in [0, 0.05) is 6.42 Å². The van der Waals surface area contributed by atoms with Gasteiger partial charge in [0.05, 0.1) is 0 Å². The minimum atomic E-state index is -4.64. The average molecular weight is 284 g/mol. The Morgan fingerprint density at radius 3 is 1.56 bits per heavy atom. The molecule has 0 aromatic heterocycles. The zero-order valence-electron chi connectivity index (χ0n) is 10.9. The molecule has 0 spiro atoms. The van der Waals surface area contributed by atoms with Crippen molar-refractivity contribution in [3.05, 3.63) is 0 Å². The molecule has 0 aliphatic carbocycles. The lowest BCUT2D eigenvalue weighted by Crippen LogP contribution is -1.93. The van der Waals surface area contributed by atoms with Crippen molar-refractivity contribution < 1.29 is 29.1 Å². The number of hydrogen-bond acceptors (Lipinski definition) is 2. The van der Waals surface area contributed by atoms with Crippen LogP contribution in [-0.4, -0.2) is 25.8 Å². The zero-order chi connectivity index (χ0) is 14.4. The molecule has 0 saturated carbocycles. The Morgan fingerprint density at radius 1 is 0.889 bits per heavy atom. The summed E-state index contributed by atoms with van der Waals surface area (Å²) in [4.78, 5) is 31.7. The van der Waals surface area contributed by atoms with E-state index in [2.05, 4.69) is 6.92 Å². The molecule has 0 unspecified atom stereocenters. The highest BCUT2D eigenvalue weighted by Crippen LogP contribution is 2.25. The summed E-state index contributed by atoms with van der Waals surface area (Å²) in [6, 6.07) is 0. The van der Waals surface area contributed by atoms with Gasteiger partial charge < -0.3 is 19.8 Å². The van der Waals surface area contributed by atoms with Crippen molar-refractivity contribution in [3.8, 4) is 0 Å². The largest absolute Gasteiger partial charge is 0.481 e. The summed E-state index contributed by atoms with van der Waals surface area (Å²) in [5, 5.41) is 8.39. The van der Waals surface area contributed by atoms with E-state index in [-0.39, 0.29) is 0 Å². The van der Waals surface area contributed by atoms with Crippen LogP contribution in [0.25, 0.3) is 0 Å². The predicted molar refractivity (Wildman–Crippen MR) is 69.1 cm³/mol. The molecule has 0 aliphatic rings. The molecule has 4 N–H and O–H groups in total. The Labute approximate surface area is 108 Å². The topological polar surface area (TPSA) is 115 Å². The summed E-state index contributed by atoms with van der Waals surface area (Å²) in [6.45, 7) is 2.22. The molecule has 0 radical (unpaired) electrons. The van der Waals surface area contributed by atoms with Gasteiger partial charge in [-0.2, -0.15) is 0 Å². The Morgan fingerprint density at radius 2 is 1.22 bits per heavy atom. The van der Waals surface area contributed by atoms with E-state index in [1.165, 1.54) is 38.5 Å². The van der Waals surface area contributed by atoms with Gasteiger partial charge in [0.25, 0.3) is 0 Å². The first kappa shape index (κ1) is 19.9. The highest BCUT2D eigenvalue weighted by Gasteiger charge is 2.00. The van der Waals surface area contributed by atoms with Crippen molar-refractivity contribution in [1.29, 1.82) is 0 Å². The molecule has 0 saturated heterocycles. The second-order valence-electron chi connectivity index (χ2n) is 4.13. The van der Waals surface area contributed by atoms with Crippen LogP contribution in [0.2, 0.25) is 0 Å². The van der Waals surface area contributed by atoms with Gasteiger partial charge in [-0.3, -0.25) is 4.79 Å². The highest BCUT2D eigenvalue weighted by atomic mass is 31.2. The second-order valence-corrected chi connectivity index (χ2v) is 5.16. The summed E-state index contributed by atoms with van der Waals surface area (Å²) >= 11 is 0. The molecule has 0 amide bonds. The monoisotopic (exact) mass is 284 g/mol. The third-order valence-electron chi connectivity index (χ3n) is 2.24. The summed E-state index contributed by atoms with van der Waals surface area (Å²) in [7, 11) is -4.64. The molecule has 0 atom stereocenters. The fourth-order valence-electron chi connectivity index (χ4n) is 1.41. The number of aliphatic carboxylic acids is 1. The maximum Gasteiger partial charge on any atom is 0.466 e. The number of rotatable bonds is 9. The fraction of sp³-hybridized carbons (Fsp3) is 0.909. The van der Waals surface area contributed by atoms with E-state index in [4.69, 9.17) is 24.4 Å². The van der Waals surface area contributed by atoms with E-state index in [9.17, 15) is 4.79 Å². The SMILES string of the molecule is CCCCCCCCCCC(=O)O.O=P(O)(O)O. The first-order chi connectivity index (χ1) is 8.27. The van der Waals surface area contributed by atoms with Crippen LogP contribution in [0, 0.1) is 0 Å². The molecule has 110 valence electrons. The molecule has 0 aromatic rings. The molecular formula is C11H25O6P. The Bertz CT molecular complexity index is 229. The Kier molecular flexibility index (Phi) is 14.4. The second kappa shape index (κ2) is 13.0. The number of phosphoric acid groups is 1. The number of carbonyl (C=O) groups is 1. The number of carboxylic acids is 1. The maximum atomic E-state index is 10.2. The molecule has 6 nitrogen and oxygen atoms in total. The molecule has 0 rings (SSSR count). The van der Waals surface area contributed by atoms with Gasteiger partial charge in [0.2, 0.25) is 0 Å². The van der Waals surface area contributed by atoms with Crippen LogP contribution in [-0.2, 0) is 9.36 Å². The van der Waals surface area contributed by atoms with Gasteiger partial charge in [-0.15, -0.1) is 0 Å². The Balaban J connectivity index is 0. The lowest BCUT2D eigenvalue weighted by atomic mass is 10.1. The number of hydrogen-bond donors (Lipinski definition) is 4. The fourth-order valence-corrected chi connectivity index (χ4v) is 1.41. The lowest BCUT2D eigenvalue weighted by molar-refractivity contribution is -0.137. The van der Waals surface area contributed by atoms with Crippen molar-refractivity contribution in [2.24, 2.45) is 0 Å². The molecular weight excluding hydrogens is 259 g/mol. The summed E-state index contributed by atoms with van der Waals surface area (Å²) in [6.07, 6.45) is 10.1. The van der Waals surface area contributed by atoms with E-state index in [1.54, 1.807) is 0 Å². The number of unbranched alkanes of at least 4 members (excludes halogenated alkanes) is 7. The van der Waals surface area contributed by atoms with Crippen LogP contribution in [0.1, 0.15) is 64.7 Å². The molecule has 0 fully saturated rings. The van der Waals surface area contributed by atoms with Gasteiger partial charge in [0.1, 0.15) is 0 Å². The van der Waals surface area contributed by atoms with Crippen LogP contribution >= 0.6 is 7.82 Å². The first-order valence-electron chi connectivity index (χ1n) is 6.27. The van der Waals surface area contributed by atoms with E-state index in [1.807, 2.05) is 0 Å². The summed E-state index contributed by atoms with van der Waals surface area (Å²) in [5.41, 5.74) is 0. The minimum Gasteiger partial charge on any atom is -0.481 e. The van der Waals surface area contributed by atoms with E-state index in [0.717, 1.165) is 12.8 Å². The van der Waals surface area contributed by atoms with Gasteiger partial charge in [-0.05, 0) is 6.42 Å². The third-order valence-corrected chi connectivity index (χ3v) is 2.24.